The summed E-state index contributed by atoms with van der Waals surface area (Å²) in [5.74, 6) is -0.805. The number of hydrogen-bond acceptors (Lipinski definition) is 8. The number of guanidine groups is 1. The maximum absolute atomic E-state index is 12.2. The Morgan fingerprint density at radius 3 is 2.96 bits per heavy atom. The summed E-state index contributed by atoms with van der Waals surface area (Å²) in [6, 6.07) is -0.737. The van der Waals surface area contributed by atoms with Crippen molar-refractivity contribution in [2.24, 2.45) is 15.9 Å². The van der Waals surface area contributed by atoms with E-state index >= 15 is 0 Å². The van der Waals surface area contributed by atoms with Crippen LogP contribution in [0.25, 0.3) is 0 Å². The van der Waals surface area contributed by atoms with Crippen LogP contribution in [0, 0.1) is 5.92 Å². The van der Waals surface area contributed by atoms with E-state index in [1.54, 1.807) is 18.7 Å². The second-order valence-electron chi connectivity index (χ2n) is 6.30. The van der Waals surface area contributed by atoms with Gasteiger partial charge >= 0.3 is 0 Å². The van der Waals surface area contributed by atoms with E-state index in [-0.39, 0.29) is 36.7 Å². The molecule has 0 saturated carbocycles. The molecule has 2 amide bonds. The highest BCUT2D eigenvalue weighted by atomic mass is 16.5. The highest BCUT2D eigenvalue weighted by Gasteiger charge is 2.46. The van der Waals surface area contributed by atoms with E-state index in [1.165, 1.54) is 6.34 Å². The molecule has 1 fully saturated rings. The number of ether oxygens (including phenoxy) is 1. The molecular weight excluding hydrogens is 318 g/mol. The van der Waals surface area contributed by atoms with Gasteiger partial charge in [-0.25, -0.2) is 4.99 Å². The van der Waals surface area contributed by atoms with Gasteiger partial charge in [-0.3, -0.25) is 25.2 Å². The molecule has 0 radical (unpaired) electrons. The second-order valence-corrected chi connectivity index (χ2v) is 6.30. The minimum absolute atomic E-state index is 0.0766. The smallest absolute Gasteiger partial charge is 0.255 e. The zero-order chi connectivity index (χ0) is 17.4. The van der Waals surface area contributed by atoms with Crippen molar-refractivity contribution in [1.29, 1.82) is 0 Å². The van der Waals surface area contributed by atoms with Crippen LogP contribution in [0.3, 0.4) is 0 Å². The van der Waals surface area contributed by atoms with Gasteiger partial charge in [-0.15, -0.1) is 0 Å². The number of aliphatic hydroxyl groups excluding tert-OH is 2. The van der Waals surface area contributed by atoms with Crippen molar-refractivity contribution in [2.75, 3.05) is 6.61 Å². The SMILES string of the molecule is CC(C)C(=O)NC1=N[C@@H]2[C@@H](N=CN2[C@@H]2C[C@H](O)[C@H](CO)O2)C(=O)N1. The minimum atomic E-state index is -0.797. The molecule has 0 spiro atoms. The molecule has 3 aliphatic rings. The summed E-state index contributed by atoms with van der Waals surface area (Å²) in [4.78, 5) is 34.1. The Hall–Kier alpha value is -2.04. The zero-order valence-corrected chi connectivity index (χ0v) is 13.4. The van der Waals surface area contributed by atoms with Crippen molar-refractivity contribution in [2.45, 2.75) is 50.9 Å². The lowest BCUT2D eigenvalue weighted by Gasteiger charge is -2.32. The number of nitrogens with one attached hydrogen (secondary N) is 2. The Kier molecular flexibility index (Phi) is 4.52. The molecule has 132 valence electrons. The summed E-state index contributed by atoms with van der Waals surface area (Å²) < 4.78 is 5.59. The van der Waals surface area contributed by atoms with Crippen LogP contribution in [0.2, 0.25) is 0 Å². The molecule has 4 N–H and O–H groups in total. The predicted octanol–water partition coefficient (Wildman–Crippen LogP) is -2.25. The summed E-state index contributed by atoms with van der Waals surface area (Å²) in [6.45, 7) is 3.17. The van der Waals surface area contributed by atoms with Crippen LogP contribution in [-0.2, 0) is 14.3 Å². The third kappa shape index (κ3) is 2.99. The quantitative estimate of drug-likeness (QED) is 0.459. The standard InChI is InChI=1S/C14H21N5O5/c1-6(2)12(22)17-14-16-11-10(13(23)18-14)15-5-19(11)9-3-7(21)8(4-20)24-9/h5-11,20-21H,3-4H2,1-2H3,(H2,16,17,18,22,23)/t7-,8-,9-,10+,11-/m0/s1. The van der Waals surface area contributed by atoms with Crippen molar-refractivity contribution in [3.8, 4) is 0 Å². The fourth-order valence-corrected chi connectivity index (χ4v) is 2.79. The van der Waals surface area contributed by atoms with Gasteiger partial charge in [0.15, 0.2) is 12.2 Å². The molecule has 5 atom stereocenters. The number of hydrogen-bond donors (Lipinski definition) is 4. The van der Waals surface area contributed by atoms with Crippen LogP contribution in [-0.4, -0.2) is 76.5 Å². The molecule has 0 aromatic heterocycles. The van der Waals surface area contributed by atoms with Gasteiger partial charge in [0.05, 0.1) is 19.0 Å². The topological polar surface area (TPSA) is 136 Å². The molecule has 0 aliphatic carbocycles. The van der Waals surface area contributed by atoms with Crippen molar-refractivity contribution in [1.82, 2.24) is 15.5 Å². The van der Waals surface area contributed by atoms with Gasteiger partial charge in [0.25, 0.3) is 5.91 Å². The highest BCUT2D eigenvalue weighted by molar-refractivity contribution is 6.08. The number of aliphatic imine (C=N–C) groups is 2. The number of aliphatic hydroxyl groups is 2. The normalized spacial score (nSPS) is 35.0. The van der Waals surface area contributed by atoms with E-state index in [2.05, 4.69) is 20.6 Å². The zero-order valence-electron chi connectivity index (χ0n) is 13.4. The van der Waals surface area contributed by atoms with Crippen molar-refractivity contribution in [3.05, 3.63) is 0 Å². The van der Waals surface area contributed by atoms with Crippen LogP contribution >= 0.6 is 0 Å². The molecule has 10 heteroatoms. The third-order valence-corrected chi connectivity index (χ3v) is 4.20. The fourth-order valence-electron chi connectivity index (χ4n) is 2.79. The summed E-state index contributed by atoms with van der Waals surface area (Å²) in [5.41, 5.74) is 0. The van der Waals surface area contributed by atoms with Gasteiger partial charge < -0.3 is 19.8 Å². The van der Waals surface area contributed by atoms with Gasteiger partial charge in [-0.05, 0) is 0 Å². The van der Waals surface area contributed by atoms with E-state index in [4.69, 9.17) is 4.74 Å². The first kappa shape index (κ1) is 16.8. The lowest BCUT2D eigenvalue weighted by atomic mass is 10.1. The maximum atomic E-state index is 12.2. The Labute approximate surface area is 138 Å². The van der Waals surface area contributed by atoms with E-state index < -0.39 is 30.6 Å². The molecule has 0 aromatic rings. The Bertz CT molecular complexity index is 592. The molecule has 3 aliphatic heterocycles. The van der Waals surface area contributed by atoms with Gasteiger partial charge in [0.2, 0.25) is 11.9 Å². The fraction of sp³-hybridized carbons (Fsp3) is 0.714. The van der Waals surface area contributed by atoms with Gasteiger partial charge in [0.1, 0.15) is 12.3 Å². The summed E-state index contributed by atoms with van der Waals surface area (Å²) in [5, 5.41) is 24.1. The molecule has 0 unspecified atom stereocenters. The number of carbonyl (C=O) groups is 2. The largest absolute Gasteiger partial charge is 0.394 e. The van der Waals surface area contributed by atoms with Gasteiger partial charge in [0, 0.05) is 12.3 Å². The lowest BCUT2D eigenvalue weighted by Crippen LogP contribution is -2.57. The first-order valence-corrected chi connectivity index (χ1v) is 7.85. The first-order chi connectivity index (χ1) is 11.4. The number of amides is 2. The number of rotatable bonds is 3. The van der Waals surface area contributed by atoms with Crippen LogP contribution < -0.4 is 10.6 Å². The van der Waals surface area contributed by atoms with Gasteiger partial charge in [-0.1, -0.05) is 13.8 Å². The molecule has 3 rings (SSSR count). The van der Waals surface area contributed by atoms with E-state index in [9.17, 15) is 19.8 Å². The van der Waals surface area contributed by atoms with Crippen LogP contribution in [0.4, 0.5) is 0 Å². The second kappa shape index (κ2) is 6.46. The van der Waals surface area contributed by atoms with Crippen LogP contribution in [0.5, 0.6) is 0 Å². The van der Waals surface area contributed by atoms with Crippen LogP contribution in [0.1, 0.15) is 20.3 Å². The lowest BCUT2D eigenvalue weighted by molar-refractivity contribution is -0.123. The van der Waals surface area contributed by atoms with Crippen molar-refractivity contribution >= 4 is 24.1 Å². The van der Waals surface area contributed by atoms with E-state index in [0.717, 1.165) is 0 Å². The number of carbonyl (C=O) groups excluding carboxylic acids is 2. The Morgan fingerprint density at radius 2 is 2.33 bits per heavy atom. The molecule has 0 aromatic carbocycles. The Balaban J connectivity index is 1.76. The van der Waals surface area contributed by atoms with Crippen molar-refractivity contribution in [3.63, 3.8) is 0 Å². The minimum Gasteiger partial charge on any atom is -0.394 e. The first-order valence-electron chi connectivity index (χ1n) is 7.85. The summed E-state index contributed by atoms with van der Waals surface area (Å²) in [6.07, 6.45) is -0.949. The summed E-state index contributed by atoms with van der Waals surface area (Å²) in [7, 11) is 0. The molecule has 0 bridgehead atoms. The molecule has 10 nitrogen and oxygen atoms in total. The van der Waals surface area contributed by atoms with Gasteiger partial charge in [-0.2, -0.15) is 0 Å². The van der Waals surface area contributed by atoms with E-state index in [1.807, 2.05) is 0 Å². The molecule has 3 heterocycles. The van der Waals surface area contributed by atoms with E-state index in [0.29, 0.717) is 0 Å². The third-order valence-electron chi connectivity index (χ3n) is 4.20. The van der Waals surface area contributed by atoms with Crippen molar-refractivity contribution < 1.29 is 24.5 Å². The number of nitrogens with zero attached hydrogens (tertiary/aromatic N) is 3. The average Bonchev–Trinajstić information content (AvgIpc) is 3.10. The van der Waals surface area contributed by atoms with Crippen LogP contribution in [0.15, 0.2) is 9.98 Å². The summed E-state index contributed by atoms with van der Waals surface area (Å²) >= 11 is 0. The predicted molar refractivity (Wildman–Crippen MR) is 82.8 cm³/mol. The number of fused-ring (bicyclic) bond motifs is 1. The monoisotopic (exact) mass is 339 g/mol. The average molecular weight is 339 g/mol. The highest BCUT2D eigenvalue weighted by Crippen LogP contribution is 2.29. The Morgan fingerprint density at radius 1 is 1.58 bits per heavy atom. The molecule has 1 saturated heterocycles. The maximum Gasteiger partial charge on any atom is 0.255 e. The molecule has 24 heavy (non-hydrogen) atoms. The molecular formula is C14H21N5O5.